The van der Waals surface area contributed by atoms with E-state index in [-0.39, 0.29) is 11.5 Å². The molecule has 0 radical (unpaired) electrons. The number of aliphatic hydroxyl groups is 1. The number of benzene rings is 1. The van der Waals surface area contributed by atoms with Crippen molar-refractivity contribution in [3.8, 4) is 0 Å². The van der Waals surface area contributed by atoms with Crippen LogP contribution >= 0.6 is 11.3 Å². The van der Waals surface area contributed by atoms with Crippen molar-refractivity contribution in [2.75, 3.05) is 0 Å². The zero-order chi connectivity index (χ0) is 13.2. The highest BCUT2D eigenvalue weighted by atomic mass is 32.1. The van der Waals surface area contributed by atoms with Crippen LogP contribution in [-0.2, 0) is 6.42 Å². The Hall–Kier alpha value is -0.930. The minimum atomic E-state index is -0.230. The molecule has 2 aromatic rings. The van der Waals surface area contributed by atoms with E-state index in [4.69, 9.17) is 0 Å². The molecule has 0 spiro atoms. The van der Waals surface area contributed by atoms with E-state index in [1.807, 2.05) is 12.1 Å². The Morgan fingerprint density at radius 1 is 1.28 bits per heavy atom. The Morgan fingerprint density at radius 2 is 2.00 bits per heavy atom. The summed E-state index contributed by atoms with van der Waals surface area (Å²) in [5.74, 6) is 0. The molecule has 3 heteroatoms. The van der Waals surface area contributed by atoms with E-state index < -0.39 is 0 Å². The molecule has 1 heterocycles. The van der Waals surface area contributed by atoms with E-state index >= 15 is 0 Å². The predicted molar refractivity (Wildman–Crippen MR) is 78.0 cm³/mol. The minimum absolute atomic E-state index is 0.0202. The van der Waals surface area contributed by atoms with Crippen LogP contribution in [0.5, 0.6) is 0 Å². The van der Waals surface area contributed by atoms with Gasteiger partial charge in [-0.25, -0.2) is 4.98 Å². The molecule has 1 aromatic carbocycles. The van der Waals surface area contributed by atoms with Crippen LogP contribution in [0.4, 0.5) is 0 Å². The van der Waals surface area contributed by atoms with E-state index in [2.05, 4.69) is 37.9 Å². The molecule has 1 N–H and O–H groups in total. The van der Waals surface area contributed by atoms with Crippen molar-refractivity contribution in [1.82, 2.24) is 4.98 Å². The van der Waals surface area contributed by atoms with Gasteiger partial charge in [0.15, 0.2) is 0 Å². The van der Waals surface area contributed by atoms with Gasteiger partial charge in [-0.2, -0.15) is 0 Å². The van der Waals surface area contributed by atoms with Crippen molar-refractivity contribution in [3.63, 3.8) is 0 Å². The molecule has 0 aliphatic heterocycles. The highest BCUT2D eigenvalue weighted by Crippen LogP contribution is 2.25. The number of thiazole rings is 1. The molecule has 0 aliphatic carbocycles. The van der Waals surface area contributed by atoms with Crippen LogP contribution < -0.4 is 0 Å². The fraction of sp³-hybridized carbons (Fsp3) is 0.533. The molecule has 18 heavy (non-hydrogen) atoms. The molecule has 2 nitrogen and oxygen atoms in total. The average Bonchev–Trinajstić information content (AvgIpc) is 2.70. The molecular formula is C15H21NOS. The van der Waals surface area contributed by atoms with Gasteiger partial charge in [0.2, 0.25) is 0 Å². The molecule has 0 aliphatic rings. The molecule has 98 valence electrons. The first-order chi connectivity index (χ1) is 8.47. The van der Waals surface area contributed by atoms with Gasteiger partial charge in [-0.3, -0.25) is 0 Å². The maximum absolute atomic E-state index is 9.99. The number of para-hydroxylation sites is 1. The summed E-state index contributed by atoms with van der Waals surface area (Å²) < 4.78 is 1.25. The number of fused-ring (bicyclic) bond motifs is 1. The first-order valence-electron chi connectivity index (χ1n) is 6.49. The Balaban J connectivity index is 1.91. The molecule has 0 bridgehead atoms. The van der Waals surface area contributed by atoms with Gasteiger partial charge in [-0.1, -0.05) is 32.9 Å². The van der Waals surface area contributed by atoms with Crippen molar-refractivity contribution < 1.29 is 5.11 Å². The van der Waals surface area contributed by atoms with Crippen molar-refractivity contribution in [3.05, 3.63) is 29.3 Å². The number of aliphatic hydroxyl groups excluding tert-OH is 1. The Bertz CT molecular complexity index is 479. The zero-order valence-corrected chi connectivity index (χ0v) is 12.1. The number of aryl methyl sites for hydroxylation is 1. The second kappa shape index (κ2) is 5.37. The summed E-state index contributed by atoms with van der Waals surface area (Å²) in [4.78, 5) is 4.61. The van der Waals surface area contributed by atoms with Gasteiger partial charge in [0.05, 0.1) is 21.3 Å². The maximum atomic E-state index is 9.99. The highest BCUT2D eigenvalue weighted by molar-refractivity contribution is 7.18. The fourth-order valence-electron chi connectivity index (χ4n) is 1.91. The average molecular weight is 263 g/mol. The zero-order valence-electron chi connectivity index (χ0n) is 11.3. The van der Waals surface area contributed by atoms with Gasteiger partial charge in [-0.15, -0.1) is 11.3 Å². The van der Waals surface area contributed by atoms with Crippen LogP contribution in [0, 0.1) is 5.41 Å². The van der Waals surface area contributed by atoms with Crippen molar-refractivity contribution in [2.45, 2.75) is 46.1 Å². The molecule has 0 fully saturated rings. The number of aromatic nitrogens is 1. The number of rotatable bonds is 4. The normalized spacial score (nSPS) is 14.0. The third-order valence-electron chi connectivity index (χ3n) is 3.21. The van der Waals surface area contributed by atoms with Crippen LogP contribution in [0.1, 0.15) is 38.6 Å². The van der Waals surface area contributed by atoms with Gasteiger partial charge < -0.3 is 5.11 Å². The van der Waals surface area contributed by atoms with E-state index in [0.717, 1.165) is 24.8 Å². The largest absolute Gasteiger partial charge is 0.393 e. The van der Waals surface area contributed by atoms with Gasteiger partial charge >= 0.3 is 0 Å². The van der Waals surface area contributed by atoms with Crippen LogP contribution in [0.3, 0.4) is 0 Å². The molecule has 1 aromatic heterocycles. The molecule has 1 atom stereocenters. The summed E-state index contributed by atoms with van der Waals surface area (Å²) in [5.41, 5.74) is 1.07. The van der Waals surface area contributed by atoms with Crippen molar-refractivity contribution in [2.24, 2.45) is 5.41 Å². The Labute approximate surface area is 113 Å². The summed E-state index contributed by atoms with van der Waals surface area (Å²) >= 11 is 1.76. The summed E-state index contributed by atoms with van der Waals surface area (Å²) in [6.07, 6.45) is 2.58. The van der Waals surface area contributed by atoms with E-state index in [9.17, 15) is 5.11 Å². The van der Waals surface area contributed by atoms with Gasteiger partial charge in [0.25, 0.3) is 0 Å². The monoisotopic (exact) mass is 263 g/mol. The predicted octanol–water partition coefficient (Wildman–Crippen LogP) is 4.03. The van der Waals surface area contributed by atoms with E-state index in [1.54, 1.807) is 11.3 Å². The lowest BCUT2D eigenvalue weighted by Crippen LogP contribution is -2.25. The minimum Gasteiger partial charge on any atom is -0.393 e. The van der Waals surface area contributed by atoms with Gasteiger partial charge in [0.1, 0.15) is 0 Å². The maximum Gasteiger partial charge on any atom is 0.0938 e. The second-order valence-corrected chi connectivity index (χ2v) is 6.96. The third-order valence-corrected chi connectivity index (χ3v) is 4.30. The van der Waals surface area contributed by atoms with Crippen LogP contribution in [0.25, 0.3) is 10.2 Å². The van der Waals surface area contributed by atoms with Crippen molar-refractivity contribution >= 4 is 21.6 Å². The highest BCUT2D eigenvalue weighted by Gasteiger charge is 2.21. The Morgan fingerprint density at radius 3 is 2.67 bits per heavy atom. The standard InChI is InChI=1S/C15H21NOS/c1-15(2,3)13(17)9-6-10-14-16-11-7-4-5-8-12(11)18-14/h4-5,7-8,13,17H,6,9-10H2,1-3H3. The van der Waals surface area contributed by atoms with Gasteiger partial charge in [-0.05, 0) is 36.8 Å². The summed E-state index contributed by atoms with van der Waals surface area (Å²) in [6, 6.07) is 8.24. The fourth-order valence-corrected chi connectivity index (χ4v) is 2.92. The quantitative estimate of drug-likeness (QED) is 0.903. The van der Waals surface area contributed by atoms with Crippen molar-refractivity contribution in [1.29, 1.82) is 0 Å². The lowest BCUT2D eigenvalue weighted by Gasteiger charge is -2.25. The molecule has 2 rings (SSSR count). The van der Waals surface area contributed by atoms with Crippen LogP contribution in [0.15, 0.2) is 24.3 Å². The third kappa shape index (κ3) is 3.30. The lowest BCUT2D eigenvalue weighted by atomic mass is 9.86. The first kappa shape index (κ1) is 13.5. The topological polar surface area (TPSA) is 33.1 Å². The molecule has 0 saturated carbocycles. The summed E-state index contributed by atoms with van der Waals surface area (Å²) in [6.45, 7) is 6.24. The number of hydrogen-bond acceptors (Lipinski definition) is 3. The molecule has 0 saturated heterocycles. The van der Waals surface area contributed by atoms with Crippen LogP contribution in [0.2, 0.25) is 0 Å². The summed E-state index contributed by atoms with van der Waals surface area (Å²) in [7, 11) is 0. The molecule has 0 amide bonds. The molecule has 1 unspecified atom stereocenters. The Kier molecular flexibility index (Phi) is 4.03. The number of nitrogens with zero attached hydrogens (tertiary/aromatic N) is 1. The van der Waals surface area contributed by atoms with E-state index in [0.29, 0.717) is 0 Å². The van der Waals surface area contributed by atoms with Gasteiger partial charge in [0, 0.05) is 0 Å². The SMILES string of the molecule is CC(C)(C)C(O)CCCc1nc2ccccc2s1. The van der Waals surface area contributed by atoms with E-state index in [1.165, 1.54) is 9.71 Å². The number of hydrogen-bond donors (Lipinski definition) is 1. The van der Waals surface area contributed by atoms with Crippen LogP contribution in [-0.4, -0.2) is 16.2 Å². The summed E-state index contributed by atoms with van der Waals surface area (Å²) in [5, 5.41) is 11.2. The lowest BCUT2D eigenvalue weighted by molar-refractivity contribution is 0.0540. The first-order valence-corrected chi connectivity index (χ1v) is 7.31. The second-order valence-electron chi connectivity index (χ2n) is 5.85. The smallest absolute Gasteiger partial charge is 0.0938 e. The molecular weight excluding hydrogens is 242 g/mol.